The van der Waals surface area contributed by atoms with Crippen LogP contribution in [0.25, 0.3) is 0 Å². The lowest BCUT2D eigenvalue weighted by Crippen LogP contribution is -2.03. The molecule has 0 saturated carbocycles. The molecule has 136 valence electrons. The molecule has 0 aliphatic rings. The van der Waals surface area contributed by atoms with Crippen LogP contribution >= 0.6 is 7.82 Å². The van der Waals surface area contributed by atoms with E-state index in [4.69, 9.17) is 18.5 Å². The maximum atomic E-state index is 11.6. The number of hydrogen-bond donors (Lipinski definition) is 1. The molecule has 0 aliphatic heterocycles. The third-order valence-electron chi connectivity index (χ3n) is 2.57. The molecule has 0 heterocycles. The summed E-state index contributed by atoms with van der Waals surface area (Å²) in [6.07, 6.45) is 2.79. The lowest BCUT2D eigenvalue weighted by Gasteiger charge is -2.12. The molecule has 0 bridgehead atoms. The number of hydrogen-bond acceptors (Lipinski definition) is 5. The topological polar surface area (TPSA) is 74.2 Å². The fourth-order valence-corrected chi connectivity index (χ4v) is 2.30. The molecule has 0 unspecified atom stereocenters. The van der Waals surface area contributed by atoms with Gasteiger partial charge in [0.15, 0.2) is 0 Å². The van der Waals surface area contributed by atoms with Gasteiger partial charge in [-0.2, -0.15) is 0 Å². The van der Waals surface area contributed by atoms with Gasteiger partial charge in [-0.3, -0.25) is 9.05 Å². The summed E-state index contributed by atoms with van der Waals surface area (Å²) in [5.74, 6) is 0. The Morgan fingerprint density at radius 1 is 0.826 bits per heavy atom. The molecule has 0 aliphatic carbocycles. The van der Waals surface area contributed by atoms with Gasteiger partial charge in [-0.25, -0.2) is 4.57 Å². The molecule has 0 atom stereocenters. The van der Waals surface area contributed by atoms with E-state index >= 15 is 0 Å². The van der Waals surface area contributed by atoms with Gasteiger partial charge >= 0.3 is 7.82 Å². The summed E-state index contributed by atoms with van der Waals surface area (Å²) >= 11 is 0. The first-order valence-corrected chi connectivity index (χ1v) is 9.39. The van der Waals surface area contributed by atoms with Crippen LogP contribution in [0.15, 0.2) is 24.3 Å². The minimum atomic E-state index is -3.94. The summed E-state index contributed by atoms with van der Waals surface area (Å²) in [7, 11) is -3.94. The van der Waals surface area contributed by atoms with Crippen molar-refractivity contribution in [3.63, 3.8) is 0 Å². The smallest absolute Gasteiger partial charge is 0.377 e. The second-order valence-corrected chi connectivity index (χ2v) is 7.02. The SMILES string of the molecule is C=C(C)COCCCCOP(=O)(O)OCCCCOCC(=C)C. The van der Waals surface area contributed by atoms with E-state index in [1.165, 1.54) is 0 Å². The van der Waals surface area contributed by atoms with Crippen molar-refractivity contribution < 1.29 is 28.0 Å². The molecule has 0 spiro atoms. The van der Waals surface area contributed by atoms with Crippen LogP contribution in [-0.4, -0.2) is 44.5 Å². The first-order chi connectivity index (χ1) is 10.8. The van der Waals surface area contributed by atoms with E-state index in [2.05, 4.69) is 13.2 Å². The molecular weight excluding hydrogens is 319 g/mol. The minimum Gasteiger partial charge on any atom is -0.377 e. The fraction of sp³-hybridized carbons (Fsp3) is 0.750. The van der Waals surface area contributed by atoms with E-state index in [1.54, 1.807) is 0 Å². The molecule has 1 N–H and O–H groups in total. The number of rotatable bonds is 16. The molecule has 0 fully saturated rings. The van der Waals surface area contributed by atoms with Gasteiger partial charge in [-0.1, -0.05) is 24.3 Å². The van der Waals surface area contributed by atoms with E-state index in [0.29, 0.717) is 39.3 Å². The highest BCUT2D eigenvalue weighted by Crippen LogP contribution is 2.43. The molecule has 0 aromatic heterocycles. The van der Waals surface area contributed by atoms with E-state index in [1.807, 2.05) is 13.8 Å². The highest BCUT2D eigenvalue weighted by Gasteiger charge is 2.19. The van der Waals surface area contributed by atoms with Gasteiger partial charge in [-0.05, 0) is 39.5 Å². The summed E-state index contributed by atoms with van der Waals surface area (Å²) in [5, 5.41) is 0. The number of phosphoric ester groups is 1. The Hall–Kier alpha value is -0.490. The maximum absolute atomic E-state index is 11.6. The van der Waals surface area contributed by atoms with Gasteiger partial charge in [0.2, 0.25) is 0 Å². The number of phosphoric acid groups is 1. The third kappa shape index (κ3) is 17.7. The molecule has 6 nitrogen and oxygen atoms in total. The zero-order chi connectivity index (χ0) is 17.6. The molecular formula is C16H31O6P. The van der Waals surface area contributed by atoms with Crippen molar-refractivity contribution in [1.29, 1.82) is 0 Å². The normalized spacial score (nSPS) is 11.6. The molecule has 23 heavy (non-hydrogen) atoms. The monoisotopic (exact) mass is 350 g/mol. The lowest BCUT2D eigenvalue weighted by molar-refractivity contribution is 0.121. The average Bonchev–Trinajstić information content (AvgIpc) is 2.44. The molecule has 0 amide bonds. The van der Waals surface area contributed by atoms with Gasteiger partial charge in [-0.15, -0.1) is 0 Å². The van der Waals surface area contributed by atoms with Crippen molar-refractivity contribution in [2.75, 3.05) is 39.6 Å². The molecule has 0 aromatic carbocycles. The van der Waals surface area contributed by atoms with Gasteiger partial charge < -0.3 is 14.4 Å². The lowest BCUT2D eigenvalue weighted by atomic mass is 10.3. The van der Waals surface area contributed by atoms with Crippen molar-refractivity contribution in [3.05, 3.63) is 24.3 Å². The van der Waals surface area contributed by atoms with E-state index in [-0.39, 0.29) is 13.2 Å². The van der Waals surface area contributed by atoms with Crippen LogP contribution in [0.5, 0.6) is 0 Å². The zero-order valence-corrected chi connectivity index (χ0v) is 15.3. The van der Waals surface area contributed by atoms with Crippen LogP contribution in [0, 0.1) is 0 Å². The summed E-state index contributed by atoms with van der Waals surface area (Å²) in [4.78, 5) is 9.49. The fourth-order valence-electron chi connectivity index (χ4n) is 1.50. The number of ether oxygens (including phenoxy) is 2. The highest BCUT2D eigenvalue weighted by molar-refractivity contribution is 7.47. The molecule has 0 aromatic rings. The predicted molar refractivity (Wildman–Crippen MR) is 91.5 cm³/mol. The van der Waals surface area contributed by atoms with Crippen LogP contribution < -0.4 is 0 Å². The van der Waals surface area contributed by atoms with Crippen molar-refractivity contribution in [3.8, 4) is 0 Å². The summed E-state index contributed by atoms with van der Waals surface area (Å²) in [6, 6.07) is 0. The second-order valence-electron chi connectivity index (χ2n) is 5.57. The van der Waals surface area contributed by atoms with Crippen molar-refractivity contribution in [2.45, 2.75) is 39.5 Å². The minimum absolute atomic E-state index is 0.173. The molecule has 0 saturated heterocycles. The summed E-state index contributed by atoms with van der Waals surface area (Å²) < 4.78 is 32.0. The van der Waals surface area contributed by atoms with Crippen molar-refractivity contribution in [2.24, 2.45) is 0 Å². The van der Waals surface area contributed by atoms with Crippen LogP contribution in [0.4, 0.5) is 0 Å². The van der Waals surface area contributed by atoms with Crippen LogP contribution in [0.3, 0.4) is 0 Å². The predicted octanol–water partition coefficient (Wildman–Crippen LogP) is 3.87. The van der Waals surface area contributed by atoms with Crippen LogP contribution in [0.2, 0.25) is 0 Å². The standard InChI is InChI=1S/C16H31O6P/c1-15(2)13-19-9-5-7-11-21-23(17,18)22-12-8-6-10-20-14-16(3)4/h1,3,5-14H2,2,4H3,(H,17,18). The Kier molecular flexibility index (Phi) is 13.6. The quantitative estimate of drug-likeness (QED) is 0.259. The van der Waals surface area contributed by atoms with Gasteiger partial charge in [0.25, 0.3) is 0 Å². The first kappa shape index (κ1) is 22.5. The van der Waals surface area contributed by atoms with Crippen molar-refractivity contribution in [1.82, 2.24) is 0 Å². The summed E-state index contributed by atoms with van der Waals surface area (Å²) in [6.45, 7) is 13.8. The Balaban J connectivity index is 3.45. The Morgan fingerprint density at radius 2 is 1.17 bits per heavy atom. The third-order valence-corrected chi connectivity index (χ3v) is 3.59. The highest BCUT2D eigenvalue weighted by atomic mass is 31.2. The van der Waals surface area contributed by atoms with Gasteiger partial charge in [0, 0.05) is 13.2 Å². The first-order valence-electron chi connectivity index (χ1n) is 7.89. The Morgan fingerprint density at radius 3 is 1.52 bits per heavy atom. The van der Waals surface area contributed by atoms with Crippen molar-refractivity contribution >= 4 is 7.82 Å². The van der Waals surface area contributed by atoms with E-state index in [9.17, 15) is 9.46 Å². The summed E-state index contributed by atoms with van der Waals surface area (Å²) in [5.41, 5.74) is 1.94. The van der Waals surface area contributed by atoms with E-state index < -0.39 is 7.82 Å². The second kappa shape index (κ2) is 13.9. The zero-order valence-electron chi connectivity index (χ0n) is 14.4. The van der Waals surface area contributed by atoms with Gasteiger partial charge in [0.05, 0.1) is 26.4 Å². The average molecular weight is 350 g/mol. The Bertz CT molecular complexity index is 351. The van der Waals surface area contributed by atoms with Gasteiger partial charge in [0.1, 0.15) is 0 Å². The maximum Gasteiger partial charge on any atom is 0.472 e. The number of unbranched alkanes of at least 4 members (excludes halogenated alkanes) is 2. The molecule has 0 radical (unpaired) electrons. The molecule has 7 heteroatoms. The Labute approximate surface area is 140 Å². The van der Waals surface area contributed by atoms with Crippen LogP contribution in [0.1, 0.15) is 39.5 Å². The molecule has 0 rings (SSSR count). The van der Waals surface area contributed by atoms with E-state index in [0.717, 1.165) is 24.0 Å². The van der Waals surface area contributed by atoms with Crippen LogP contribution in [-0.2, 0) is 23.1 Å². The largest absolute Gasteiger partial charge is 0.472 e.